The average Bonchev–Trinajstić information content (AvgIpc) is 2.81. The third kappa shape index (κ3) is 3.07. The van der Waals surface area contributed by atoms with E-state index in [4.69, 9.17) is 5.73 Å². The van der Waals surface area contributed by atoms with E-state index in [0.717, 1.165) is 19.3 Å². The number of carbonyl (C=O) groups excluding carboxylic acids is 1. The zero-order valence-corrected chi connectivity index (χ0v) is 11.1. The van der Waals surface area contributed by atoms with Gasteiger partial charge in [-0.1, -0.05) is 12.8 Å². The number of nitrogens with zero attached hydrogens (tertiary/aromatic N) is 1. The molecule has 0 aliphatic heterocycles. The molecule has 2 rings (SSSR count). The Morgan fingerprint density at radius 3 is 2.94 bits per heavy atom. The summed E-state index contributed by atoms with van der Waals surface area (Å²) < 4.78 is 0. The molecule has 0 spiro atoms. The maximum Gasteiger partial charge on any atom is 0.227 e. The van der Waals surface area contributed by atoms with E-state index in [1.54, 1.807) is 11.3 Å². The topological polar surface area (TPSA) is 46.3 Å². The van der Waals surface area contributed by atoms with Crippen molar-refractivity contribution in [2.75, 3.05) is 7.05 Å². The van der Waals surface area contributed by atoms with Crippen molar-refractivity contribution < 1.29 is 4.79 Å². The summed E-state index contributed by atoms with van der Waals surface area (Å²) in [7, 11) is 1.88. The lowest BCUT2D eigenvalue weighted by molar-refractivity contribution is -0.136. The van der Waals surface area contributed by atoms with Crippen molar-refractivity contribution in [3.05, 3.63) is 22.4 Å². The van der Waals surface area contributed by atoms with Gasteiger partial charge in [0.1, 0.15) is 0 Å². The van der Waals surface area contributed by atoms with Gasteiger partial charge >= 0.3 is 0 Å². The second kappa shape index (κ2) is 5.65. The molecule has 1 aromatic heterocycles. The SMILES string of the molecule is CN(Cc1ccsc1)C(=O)C1CCCCC1N. The Labute approximate surface area is 107 Å². The lowest BCUT2D eigenvalue weighted by Crippen LogP contribution is -2.44. The van der Waals surface area contributed by atoms with E-state index in [1.807, 2.05) is 17.3 Å². The van der Waals surface area contributed by atoms with Crippen LogP contribution >= 0.6 is 11.3 Å². The normalized spacial score (nSPS) is 24.6. The second-order valence-corrected chi connectivity index (χ2v) is 5.66. The van der Waals surface area contributed by atoms with Crippen molar-refractivity contribution in [3.63, 3.8) is 0 Å². The van der Waals surface area contributed by atoms with Crippen molar-refractivity contribution in [2.45, 2.75) is 38.3 Å². The molecule has 4 heteroatoms. The molecule has 1 saturated carbocycles. The number of rotatable bonds is 3. The van der Waals surface area contributed by atoms with Crippen LogP contribution in [0.3, 0.4) is 0 Å². The fraction of sp³-hybridized carbons (Fsp3) is 0.615. The summed E-state index contributed by atoms with van der Waals surface area (Å²) >= 11 is 1.67. The molecule has 0 bridgehead atoms. The smallest absolute Gasteiger partial charge is 0.227 e. The van der Waals surface area contributed by atoms with Gasteiger partial charge in [-0.3, -0.25) is 4.79 Å². The number of thiophene rings is 1. The lowest BCUT2D eigenvalue weighted by atomic mass is 9.84. The first kappa shape index (κ1) is 12.6. The molecular formula is C13H20N2OS. The number of hydrogen-bond donors (Lipinski definition) is 1. The third-order valence-corrected chi connectivity index (χ3v) is 4.24. The van der Waals surface area contributed by atoms with Crippen LogP contribution in [0.5, 0.6) is 0 Å². The van der Waals surface area contributed by atoms with E-state index >= 15 is 0 Å². The van der Waals surface area contributed by atoms with Gasteiger partial charge in [0.15, 0.2) is 0 Å². The molecule has 1 fully saturated rings. The Balaban J connectivity index is 1.94. The maximum absolute atomic E-state index is 12.3. The summed E-state index contributed by atoms with van der Waals surface area (Å²) in [6, 6.07) is 2.12. The van der Waals surface area contributed by atoms with E-state index in [1.165, 1.54) is 12.0 Å². The zero-order valence-electron chi connectivity index (χ0n) is 10.3. The van der Waals surface area contributed by atoms with E-state index in [0.29, 0.717) is 6.54 Å². The Morgan fingerprint density at radius 1 is 1.53 bits per heavy atom. The van der Waals surface area contributed by atoms with Crippen molar-refractivity contribution in [1.29, 1.82) is 0 Å². The van der Waals surface area contributed by atoms with E-state index in [9.17, 15) is 4.79 Å². The number of amides is 1. The van der Waals surface area contributed by atoms with Crippen molar-refractivity contribution in [3.8, 4) is 0 Å². The van der Waals surface area contributed by atoms with Gasteiger partial charge < -0.3 is 10.6 Å². The van der Waals surface area contributed by atoms with Gasteiger partial charge in [-0.15, -0.1) is 0 Å². The minimum atomic E-state index is 0.0346. The molecule has 0 radical (unpaired) electrons. The molecule has 1 aliphatic carbocycles. The van der Waals surface area contributed by atoms with Crippen LogP contribution in [0.4, 0.5) is 0 Å². The van der Waals surface area contributed by atoms with Crippen LogP contribution in [0.2, 0.25) is 0 Å². The molecule has 1 amide bonds. The van der Waals surface area contributed by atoms with Gasteiger partial charge in [-0.05, 0) is 35.2 Å². The monoisotopic (exact) mass is 252 g/mol. The fourth-order valence-electron chi connectivity index (χ4n) is 2.48. The first-order valence-corrected chi connectivity index (χ1v) is 7.14. The first-order chi connectivity index (χ1) is 8.18. The predicted octanol–water partition coefficient (Wildman–Crippen LogP) is 2.22. The molecule has 2 N–H and O–H groups in total. The molecule has 2 unspecified atom stereocenters. The summed E-state index contributed by atoms with van der Waals surface area (Å²) in [6.07, 6.45) is 4.24. The Kier molecular flexibility index (Phi) is 4.18. The highest BCUT2D eigenvalue weighted by Crippen LogP contribution is 2.25. The maximum atomic E-state index is 12.3. The van der Waals surface area contributed by atoms with Gasteiger partial charge in [-0.25, -0.2) is 0 Å². The lowest BCUT2D eigenvalue weighted by Gasteiger charge is -2.31. The summed E-state index contributed by atoms with van der Waals surface area (Å²) in [5, 5.41) is 4.13. The Bertz CT molecular complexity index is 364. The van der Waals surface area contributed by atoms with Crippen LogP contribution in [0.15, 0.2) is 16.8 Å². The quantitative estimate of drug-likeness (QED) is 0.896. The number of carbonyl (C=O) groups is 1. The summed E-state index contributed by atoms with van der Waals surface area (Å²) in [6.45, 7) is 0.700. The van der Waals surface area contributed by atoms with Gasteiger partial charge in [-0.2, -0.15) is 11.3 Å². The van der Waals surface area contributed by atoms with Crippen molar-refractivity contribution in [2.24, 2.45) is 11.7 Å². The second-order valence-electron chi connectivity index (χ2n) is 4.88. The van der Waals surface area contributed by atoms with Gasteiger partial charge in [0.25, 0.3) is 0 Å². The van der Waals surface area contributed by atoms with Gasteiger partial charge in [0.05, 0.1) is 5.92 Å². The molecule has 1 aromatic rings. The van der Waals surface area contributed by atoms with Crippen LogP contribution in [-0.4, -0.2) is 23.9 Å². The van der Waals surface area contributed by atoms with Crippen molar-refractivity contribution >= 4 is 17.2 Å². The third-order valence-electron chi connectivity index (χ3n) is 3.51. The fourth-order valence-corrected chi connectivity index (χ4v) is 3.14. The van der Waals surface area contributed by atoms with Crippen LogP contribution in [0, 0.1) is 5.92 Å². The first-order valence-electron chi connectivity index (χ1n) is 6.20. The van der Waals surface area contributed by atoms with Crippen molar-refractivity contribution in [1.82, 2.24) is 4.90 Å². The van der Waals surface area contributed by atoms with E-state index < -0.39 is 0 Å². The van der Waals surface area contributed by atoms with Gasteiger partial charge in [0.2, 0.25) is 5.91 Å². The molecule has 3 nitrogen and oxygen atoms in total. The molecular weight excluding hydrogens is 232 g/mol. The summed E-state index contributed by atoms with van der Waals surface area (Å²) in [5.74, 6) is 0.246. The molecule has 1 aliphatic rings. The van der Waals surface area contributed by atoms with E-state index in [-0.39, 0.29) is 17.9 Å². The standard InChI is InChI=1S/C13H20N2OS/c1-15(8-10-6-7-17-9-10)13(16)11-4-2-3-5-12(11)14/h6-7,9,11-12H,2-5,8,14H2,1H3. The average molecular weight is 252 g/mol. The highest BCUT2D eigenvalue weighted by molar-refractivity contribution is 7.07. The summed E-state index contributed by atoms with van der Waals surface area (Å²) in [4.78, 5) is 14.1. The molecule has 1 heterocycles. The zero-order chi connectivity index (χ0) is 12.3. The molecule has 94 valence electrons. The molecule has 0 saturated heterocycles. The minimum Gasteiger partial charge on any atom is -0.341 e. The minimum absolute atomic E-state index is 0.0346. The molecule has 0 aromatic carbocycles. The number of hydrogen-bond acceptors (Lipinski definition) is 3. The Morgan fingerprint density at radius 2 is 2.29 bits per heavy atom. The predicted molar refractivity (Wildman–Crippen MR) is 70.7 cm³/mol. The van der Waals surface area contributed by atoms with Crippen LogP contribution in [0.25, 0.3) is 0 Å². The van der Waals surface area contributed by atoms with Crippen LogP contribution < -0.4 is 5.73 Å². The van der Waals surface area contributed by atoms with E-state index in [2.05, 4.69) is 11.4 Å². The summed E-state index contributed by atoms with van der Waals surface area (Å²) in [5.41, 5.74) is 7.25. The molecule has 2 atom stereocenters. The van der Waals surface area contributed by atoms with Gasteiger partial charge in [0, 0.05) is 19.6 Å². The van der Waals surface area contributed by atoms with Crippen LogP contribution in [-0.2, 0) is 11.3 Å². The largest absolute Gasteiger partial charge is 0.341 e. The highest BCUT2D eigenvalue weighted by atomic mass is 32.1. The highest BCUT2D eigenvalue weighted by Gasteiger charge is 2.30. The Hall–Kier alpha value is -0.870. The molecule has 17 heavy (non-hydrogen) atoms. The van der Waals surface area contributed by atoms with Crippen LogP contribution in [0.1, 0.15) is 31.2 Å². The number of nitrogens with two attached hydrogens (primary N) is 1.